The number of fused-ring (bicyclic) bond motifs is 3. The Morgan fingerprint density at radius 3 is 2.38 bits per heavy atom. The fourth-order valence-electron chi connectivity index (χ4n) is 6.39. The number of nitrogens with zero attached hydrogens (tertiary/aromatic N) is 4. The van der Waals surface area contributed by atoms with Gasteiger partial charge in [0.25, 0.3) is 0 Å². The number of halogens is 1. The molecule has 45 heavy (non-hydrogen) atoms. The van der Waals surface area contributed by atoms with Crippen LogP contribution in [-0.4, -0.2) is 19.3 Å². The maximum absolute atomic E-state index is 14.4. The van der Waals surface area contributed by atoms with Gasteiger partial charge in [-0.2, -0.15) is 5.10 Å². The first-order chi connectivity index (χ1) is 21.7. The maximum Gasteiger partial charge on any atom is 0.137 e. The van der Waals surface area contributed by atoms with Gasteiger partial charge in [-0.3, -0.25) is 4.57 Å². The van der Waals surface area contributed by atoms with Gasteiger partial charge in [0.15, 0.2) is 0 Å². The van der Waals surface area contributed by atoms with Gasteiger partial charge in [-0.1, -0.05) is 44.2 Å². The molecule has 0 aliphatic rings. The van der Waals surface area contributed by atoms with Crippen LogP contribution in [0.25, 0.3) is 44.4 Å². The number of hydrogen-bond acceptors (Lipinski definition) is 3. The Bertz CT molecular complexity index is 2190. The zero-order valence-electron chi connectivity index (χ0n) is 26.2. The average Bonchev–Trinajstić information content (AvgIpc) is 3.49. The lowest BCUT2D eigenvalue weighted by molar-refractivity contribution is 0.481. The van der Waals surface area contributed by atoms with Gasteiger partial charge < -0.3 is 4.74 Å². The van der Waals surface area contributed by atoms with E-state index in [1.54, 1.807) is 12.3 Å². The molecule has 4 aromatic carbocycles. The second-order valence-electron chi connectivity index (χ2n) is 12.2. The summed E-state index contributed by atoms with van der Waals surface area (Å²) in [4.78, 5) is 4.66. The van der Waals surface area contributed by atoms with Crippen molar-refractivity contribution in [3.8, 4) is 34.1 Å². The summed E-state index contributed by atoms with van der Waals surface area (Å²) in [6.45, 7) is 10.7. The maximum atomic E-state index is 14.4. The molecule has 224 valence electrons. The molecule has 0 bridgehead atoms. The van der Waals surface area contributed by atoms with Crippen LogP contribution in [0.5, 0.6) is 11.5 Å². The predicted molar refractivity (Wildman–Crippen MR) is 180 cm³/mol. The molecule has 0 saturated heterocycles. The number of aromatic nitrogens is 4. The van der Waals surface area contributed by atoms with E-state index in [2.05, 4.69) is 79.7 Å². The Balaban J connectivity index is 1.34. The van der Waals surface area contributed by atoms with Crippen molar-refractivity contribution < 1.29 is 9.13 Å². The molecule has 7 aromatic rings. The number of ether oxygens (including phenoxy) is 1. The van der Waals surface area contributed by atoms with E-state index in [0.717, 1.165) is 73.6 Å². The highest BCUT2D eigenvalue weighted by Crippen LogP contribution is 2.37. The number of aryl methyl sites for hydroxylation is 2. The molecule has 0 aliphatic heterocycles. The van der Waals surface area contributed by atoms with Gasteiger partial charge in [-0.15, -0.1) is 0 Å². The van der Waals surface area contributed by atoms with Crippen LogP contribution < -0.4 is 4.74 Å². The third-order valence-electron chi connectivity index (χ3n) is 8.26. The molecule has 0 fully saturated rings. The topological polar surface area (TPSA) is 44.9 Å². The molecule has 0 N–H and O–H groups in total. The van der Waals surface area contributed by atoms with E-state index < -0.39 is 0 Å². The van der Waals surface area contributed by atoms with Gasteiger partial charge >= 0.3 is 0 Å². The van der Waals surface area contributed by atoms with Crippen molar-refractivity contribution in [1.29, 1.82) is 0 Å². The highest BCUT2D eigenvalue weighted by Gasteiger charge is 2.18. The van der Waals surface area contributed by atoms with E-state index in [1.807, 2.05) is 54.1 Å². The Morgan fingerprint density at radius 2 is 1.60 bits per heavy atom. The van der Waals surface area contributed by atoms with Crippen molar-refractivity contribution in [3.63, 3.8) is 0 Å². The monoisotopic (exact) mass is 594 g/mol. The summed E-state index contributed by atoms with van der Waals surface area (Å²) in [5.41, 5.74) is 9.38. The van der Waals surface area contributed by atoms with Crippen LogP contribution in [0.3, 0.4) is 0 Å². The number of benzene rings is 4. The fraction of sp³-hybridized carbons (Fsp3) is 0.179. The molecule has 3 aromatic heterocycles. The SMILES string of the molecule is Cc1ccnc(-n2c3ccc(F)cc3c3ccc(Oc4cc(CC(C)C)cc(-n5nc(C)c(-c6ccccc6)c5C)c4)cc32)c1. The van der Waals surface area contributed by atoms with Gasteiger partial charge in [-0.05, 0) is 104 Å². The lowest BCUT2D eigenvalue weighted by Gasteiger charge is -2.14. The quantitative estimate of drug-likeness (QED) is 0.184. The van der Waals surface area contributed by atoms with Crippen molar-refractivity contribution in [2.24, 2.45) is 5.92 Å². The Labute approximate surface area is 262 Å². The van der Waals surface area contributed by atoms with E-state index in [4.69, 9.17) is 9.84 Å². The highest BCUT2D eigenvalue weighted by atomic mass is 19.1. The molecule has 3 heterocycles. The Hall–Kier alpha value is -5.23. The molecular weight excluding hydrogens is 559 g/mol. The van der Waals surface area contributed by atoms with Crippen LogP contribution >= 0.6 is 0 Å². The first-order valence-electron chi connectivity index (χ1n) is 15.4. The minimum Gasteiger partial charge on any atom is -0.457 e. The van der Waals surface area contributed by atoms with Gasteiger partial charge in [-0.25, -0.2) is 14.1 Å². The lowest BCUT2D eigenvalue weighted by atomic mass is 10.0. The van der Waals surface area contributed by atoms with Gasteiger partial charge in [0.1, 0.15) is 23.1 Å². The molecule has 5 nitrogen and oxygen atoms in total. The van der Waals surface area contributed by atoms with Gasteiger partial charge in [0, 0.05) is 40.4 Å². The van der Waals surface area contributed by atoms with Crippen molar-refractivity contribution in [2.45, 2.75) is 41.0 Å². The second-order valence-corrected chi connectivity index (χ2v) is 12.2. The fourth-order valence-corrected chi connectivity index (χ4v) is 6.39. The largest absolute Gasteiger partial charge is 0.457 e. The Morgan fingerprint density at radius 1 is 0.778 bits per heavy atom. The summed E-state index contributed by atoms with van der Waals surface area (Å²) in [5.74, 6) is 2.40. The van der Waals surface area contributed by atoms with Crippen molar-refractivity contribution in [3.05, 3.63) is 132 Å². The highest BCUT2D eigenvalue weighted by molar-refractivity contribution is 6.09. The number of rotatable bonds is 7. The molecular formula is C39H35FN4O. The second kappa shape index (κ2) is 11.4. The first kappa shape index (κ1) is 28.5. The number of hydrogen-bond donors (Lipinski definition) is 0. The van der Waals surface area contributed by atoms with Crippen LogP contribution in [0.2, 0.25) is 0 Å². The summed E-state index contributed by atoms with van der Waals surface area (Å²) in [6, 6.07) is 31.7. The van der Waals surface area contributed by atoms with Crippen LogP contribution in [0.1, 0.15) is 36.4 Å². The van der Waals surface area contributed by atoms with E-state index >= 15 is 0 Å². The summed E-state index contributed by atoms with van der Waals surface area (Å²) in [5, 5.41) is 6.74. The summed E-state index contributed by atoms with van der Waals surface area (Å²) in [7, 11) is 0. The van der Waals surface area contributed by atoms with Crippen LogP contribution in [0, 0.1) is 32.5 Å². The lowest BCUT2D eigenvalue weighted by Crippen LogP contribution is -2.03. The van der Waals surface area contributed by atoms with Crippen LogP contribution in [0.4, 0.5) is 4.39 Å². The van der Waals surface area contributed by atoms with Crippen molar-refractivity contribution >= 4 is 21.8 Å². The third-order valence-corrected chi connectivity index (χ3v) is 8.26. The molecule has 7 rings (SSSR count). The predicted octanol–water partition coefficient (Wildman–Crippen LogP) is 10.1. The minimum absolute atomic E-state index is 0.270. The molecule has 0 atom stereocenters. The average molecular weight is 595 g/mol. The Kier molecular flexibility index (Phi) is 7.20. The smallest absolute Gasteiger partial charge is 0.137 e. The standard InChI is InChI=1S/C39H35FN4O/c1-24(2)17-28-19-31(44-27(5)39(26(4)42-44)29-9-7-6-8-10-29)22-33(20-28)45-32-12-13-34-35-21-30(40)11-14-36(35)43(37(34)23-32)38-18-25(3)15-16-41-38/h6-16,18-24H,17H2,1-5H3. The zero-order valence-corrected chi connectivity index (χ0v) is 26.2. The number of pyridine rings is 1. The van der Waals surface area contributed by atoms with E-state index in [9.17, 15) is 4.39 Å². The molecule has 0 unspecified atom stereocenters. The van der Waals surface area contributed by atoms with E-state index in [0.29, 0.717) is 11.7 Å². The van der Waals surface area contributed by atoms with Gasteiger partial charge in [0.2, 0.25) is 0 Å². The summed E-state index contributed by atoms with van der Waals surface area (Å²) in [6.07, 6.45) is 2.71. The van der Waals surface area contributed by atoms with Crippen molar-refractivity contribution in [1.82, 2.24) is 19.3 Å². The van der Waals surface area contributed by atoms with Crippen LogP contribution in [-0.2, 0) is 6.42 Å². The van der Waals surface area contributed by atoms with Crippen LogP contribution in [0.15, 0.2) is 103 Å². The summed E-state index contributed by atoms with van der Waals surface area (Å²) < 4.78 is 25.1. The molecule has 6 heteroatoms. The van der Waals surface area contributed by atoms with Crippen molar-refractivity contribution in [2.75, 3.05) is 0 Å². The molecule has 0 spiro atoms. The molecule has 0 amide bonds. The zero-order chi connectivity index (χ0) is 31.2. The molecule has 0 radical (unpaired) electrons. The third kappa shape index (κ3) is 5.37. The molecule has 0 saturated carbocycles. The summed E-state index contributed by atoms with van der Waals surface area (Å²) >= 11 is 0. The first-order valence-corrected chi connectivity index (χ1v) is 15.4. The van der Waals surface area contributed by atoms with E-state index in [1.165, 1.54) is 11.6 Å². The minimum atomic E-state index is -0.270. The normalized spacial score (nSPS) is 11.6. The van der Waals surface area contributed by atoms with E-state index in [-0.39, 0.29) is 5.82 Å². The van der Waals surface area contributed by atoms with Gasteiger partial charge in [0.05, 0.1) is 22.4 Å². The molecule has 0 aliphatic carbocycles.